The summed E-state index contributed by atoms with van der Waals surface area (Å²) < 4.78 is 5.06. The first-order valence-electron chi connectivity index (χ1n) is 4.58. The summed E-state index contributed by atoms with van der Waals surface area (Å²) >= 11 is 0. The summed E-state index contributed by atoms with van der Waals surface area (Å²) in [6.07, 6.45) is 0. The first kappa shape index (κ1) is 11.5. The molecule has 15 heavy (non-hydrogen) atoms. The number of hydrogen-bond acceptors (Lipinski definition) is 3. The van der Waals surface area contributed by atoms with Gasteiger partial charge in [-0.2, -0.15) is 0 Å². The molecule has 0 aromatic heterocycles. The highest BCUT2D eigenvalue weighted by molar-refractivity contribution is 5.93. The maximum Gasteiger partial charge on any atom is 0.311 e. The summed E-state index contributed by atoms with van der Waals surface area (Å²) in [5.74, 6) is 2.88. The second-order valence-electron chi connectivity index (χ2n) is 3.34. The third-order valence-corrected chi connectivity index (χ3v) is 2.42. The van der Waals surface area contributed by atoms with Gasteiger partial charge in [0.25, 0.3) is 5.91 Å². The number of ether oxygens (including phenoxy) is 1. The Labute approximate surface area is 88.0 Å². The van der Waals surface area contributed by atoms with Crippen LogP contribution in [0.25, 0.3) is 0 Å². The number of nitrogens with zero attached hydrogens (tertiary/aromatic N) is 1. The number of amides is 1. The number of carboxylic acid groups (broad SMARTS) is 1. The van der Waals surface area contributed by atoms with Gasteiger partial charge < -0.3 is 14.7 Å². The van der Waals surface area contributed by atoms with Gasteiger partial charge in [-0.1, -0.05) is 5.92 Å². The fourth-order valence-corrected chi connectivity index (χ4v) is 1.51. The summed E-state index contributed by atoms with van der Waals surface area (Å²) in [6, 6.07) is -0.421. The highest BCUT2D eigenvalue weighted by Crippen LogP contribution is 2.18. The molecule has 2 unspecified atom stereocenters. The van der Waals surface area contributed by atoms with Crippen LogP contribution >= 0.6 is 0 Å². The zero-order valence-corrected chi connectivity index (χ0v) is 8.69. The van der Waals surface area contributed by atoms with E-state index >= 15 is 0 Å². The third-order valence-electron chi connectivity index (χ3n) is 2.42. The van der Waals surface area contributed by atoms with Gasteiger partial charge in [0.2, 0.25) is 0 Å². The zero-order valence-electron chi connectivity index (χ0n) is 8.69. The Morgan fingerprint density at radius 1 is 1.47 bits per heavy atom. The molecule has 2 atom stereocenters. The summed E-state index contributed by atoms with van der Waals surface area (Å²) in [4.78, 5) is 23.6. The molecule has 0 aromatic carbocycles. The number of carboxylic acids is 1. The van der Waals surface area contributed by atoms with Crippen molar-refractivity contribution in [2.75, 3.05) is 20.3 Å². The lowest BCUT2D eigenvalue weighted by Gasteiger charge is -2.24. The van der Waals surface area contributed by atoms with Gasteiger partial charge in [0.1, 0.15) is 5.92 Å². The SMILES string of the molecule is CC#CC(=O)N(C)C1COCC1C(=O)O. The molecule has 82 valence electrons. The Balaban J connectivity index is 2.73. The van der Waals surface area contributed by atoms with Crippen molar-refractivity contribution >= 4 is 11.9 Å². The lowest BCUT2D eigenvalue weighted by molar-refractivity contribution is -0.143. The molecule has 1 aliphatic heterocycles. The van der Waals surface area contributed by atoms with E-state index in [2.05, 4.69) is 11.8 Å². The summed E-state index contributed by atoms with van der Waals surface area (Å²) in [5.41, 5.74) is 0. The molecule has 1 rings (SSSR count). The monoisotopic (exact) mass is 211 g/mol. The molecule has 1 heterocycles. The van der Waals surface area contributed by atoms with Gasteiger partial charge in [0, 0.05) is 7.05 Å². The van der Waals surface area contributed by atoms with Gasteiger partial charge in [0.05, 0.1) is 19.3 Å². The van der Waals surface area contributed by atoms with Crippen LogP contribution < -0.4 is 0 Å². The lowest BCUT2D eigenvalue weighted by Crippen LogP contribution is -2.43. The van der Waals surface area contributed by atoms with E-state index in [1.807, 2.05) is 0 Å². The average Bonchev–Trinajstić information content (AvgIpc) is 2.65. The van der Waals surface area contributed by atoms with Crippen LogP contribution in [0.3, 0.4) is 0 Å². The van der Waals surface area contributed by atoms with E-state index in [1.54, 1.807) is 14.0 Å². The molecule has 0 spiro atoms. The van der Waals surface area contributed by atoms with Crippen molar-refractivity contribution in [2.24, 2.45) is 5.92 Å². The molecule has 0 aromatic rings. The number of likely N-dealkylation sites (N-methyl/N-ethyl adjacent to an activating group) is 1. The Hall–Kier alpha value is -1.54. The standard InChI is InChI=1S/C10H13NO4/c1-3-4-9(12)11(2)8-6-15-5-7(8)10(13)14/h7-8H,5-6H2,1-2H3,(H,13,14). The van der Waals surface area contributed by atoms with Crippen LogP contribution in [-0.2, 0) is 14.3 Å². The molecule has 1 aliphatic rings. The zero-order chi connectivity index (χ0) is 11.4. The quantitative estimate of drug-likeness (QED) is 0.629. The Morgan fingerprint density at radius 2 is 2.13 bits per heavy atom. The molecular formula is C10H13NO4. The number of rotatable bonds is 2. The van der Waals surface area contributed by atoms with Crippen molar-refractivity contribution in [1.82, 2.24) is 4.90 Å². The van der Waals surface area contributed by atoms with Crippen LogP contribution in [0.15, 0.2) is 0 Å². The van der Waals surface area contributed by atoms with E-state index in [9.17, 15) is 9.59 Å². The molecule has 0 aliphatic carbocycles. The van der Waals surface area contributed by atoms with Crippen molar-refractivity contribution in [1.29, 1.82) is 0 Å². The van der Waals surface area contributed by atoms with Crippen molar-refractivity contribution < 1.29 is 19.4 Å². The van der Waals surface area contributed by atoms with E-state index in [1.165, 1.54) is 4.90 Å². The topological polar surface area (TPSA) is 66.8 Å². The molecule has 1 N–H and O–H groups in total. The van der Waals surface area contributed by atoms with Gasteiger partial charge in [0.15, 0.2) is 0 Å². The normalized spacial score (nSPS) is 24.1. The second kappa shape index (κ2) is 4.80. The van der Waals surface area contributed by atoms with Gasteiger partial charge in [-0.25, -0.2) is 0 Å². The van der Waals surface area contributed by atoms with Crippen LogP contribution in [0.5, 0.6) is 0 Å². The summed E-state index contributed by atoms with van der Waals surface area (Å²) in [5, 5.41) is 8.89. The molecule has 5 heteroatoms. The largest absolute Gasteiger partial charge is 0.481 e. The van der Waals surface area contributed by atoms with Crippen LogP contribution in [-0.4, -0.2) is 48.2 Å². The van der Waals surface area contributed by atoms with Crippen LogP contribution in [0.4, 0.5) is 0 Å². The minimum absolute atomic E-state index is 0.150. The molecule has 0 radical (unpaired) electrons. The fourth-order valence-electron chi connectivity index (χ4n) is 1.51. The van der Waals surface area contributed by atoms with E-state index in [0.29, 0.717) is 0 Å². The lowest BCUT2D eigenvalue weighted by atomic mass is 10.0. The molecule has 1 amide bonds. The number of carbonyl (C=O) groups is 2. The van der Waals surface area contributed by atoms with Crippen LogP contribution in [0.2, 0.25) is 0 Å². The third kappa shape index (κ3) is 2.48. The van der Waals surface area contributed by atoms with Crippen molar-refractivity contribution in [3.63, 3.8) is 0 Å². The Bertz CT molecular complexity index is 328. The van der Waals surface area contributed by atoms with Crippen molar-refractivity contribution in [3.8, 4) is 11.8 Å². The van der Waals surface area contributed by atoms with Gasteiger partial charge >= 0.3 is 5.97 Å². The Morgan fingerprint density at radius 3 is 2.67 bits per heavy atom. The highest BCUT2D eigenvalue weighted by atomic mass is 16.5. The van der Waals surface area contributed by atoms with Crippen LogP contribution in [0.1, 0.15) is 6.92 Å². The fraction of sp³-hybridized carbons (Fsp3) is 0.600. The summed E-state index contributed by atoms with van der Waals surface area (Å²) in [7, 11) is 1.54. The van der Waals surface area contributed by atoms with Crippen molar-refractivity contribution in [3.05, 3.63) is 0 Å². The minimum Gasteiger partial charge on any atom is -0.481 e. The van der Waals surface area contributed by atoms with E-state index < -0.39 is 17.9 Å². The van der Waals surface area contributed by atoms with Gasteiger partial charge in [-0.15, -0.1) is 0 Å². The smallest absolute Gasteiger partial charge is 0.311 e. The molecule has 5 nitrogen and oxygen atoms in total. The highest BCUT2D eigenvalue weighted by Gasteiger charge is 2.38. The first-order chi connectivity index (χ1) is 7.07. The minimum atomic E-state index is -0.943. The predicted octanol–water partition coefficient (Wildman–Crippen LogP) is -0.432. The van der Waals surface area contributed by atoms with Crippen LogP contribution in [0, 0.1) is 17.8 Å². The summed E-state index contributed by atoms with van der Waals surface area (Å²) in [6.45, 7) is 1.97. The molecule has 1 saturated heterocycles. The van der Waals surface area contributed by atoms with Gasteiger partial charge in [-0.3, -0.25) is 9.59 Å². The maximum atomic E-state index is 11.4. The number of aliphatic carboxylic acids is 1. The van der Waals surface area contributed by atoms with E-state index in [-0.39, 0.29) is 19.1 Å². The van der Waals surface area contributed by atoms with Gasteiger partial charge in [-0.05, 0) is 12.8 Å². The predicted molar refractivity (Wildman–Crippen MR) is 52.0 cm³/mol. The maximum absolute atomic E-state index is 11.4. The number of carbonyl (C=O) groups excluding carboxylic acids is 1. The molecule has 0 saturated carbocycles. The molecule has 0 bridgehead atoms. The molecular weight excluding hydrogens is 198 g/mol. The Kier molecular flexibility index (Phi) is 3.69. The van der Waals surface area contributed by atoms with Crippen molar-refractivity contribution in [2.45, 2.75) is 13.0 Å². The second-order valence-corrected chi connectivity index (χ2v) is 3.34. The van der Waals surface area contributed by atoms with E-state index in [4.69, 9.17) is 9.84 Å². The average molecular weight is 211 g/mol. The number of hydrogen-bond donors (Lipinski definition) is 1. The van der Waals surface area contributed by atoms with E-state index in [0.717, 1.165) is 0 Å². The first-order valence-corrected chi connectivity index (χ1v) is 4.58. The molecule has 1 fully saturated rings.